The molecule has 1 saturated carbocycles. The van der Waals surface area contributed by atoms with Gasteiger partial charge < -0.3 is 10.4 Å². The first kappa shape index (κ1) is 15.8. The van der Waals surface area contributed by atoms with Gasteiger partial charge in [-0.25, -0.2) is 0 Å². The Balaban J connectivity index is 1.89. The number of aliphatic hydroxyl groups is 1. The van der Waals surface area contributed by atoms with Gasteiger partial charge in [-0.3, -0.25) is 9.69 Å². The number of rotatable bonds is 4. The van der Waals surface area contributed by atoms with Crippen LogP contribution in [0.1, 0.15) is 52.9 Å². The van der Waals surface area contributed by atoms with Crippen molar-refractivity contribution in [1.29, 1.82) is 0 Å². The molecule has 2 rings (SSSR count). The third kappa shape index (κ3) is 3.53. The lowest BCUT2D eigenvalue weighted by Crippen LogP contribution is -2.57. The summed E-state index contributed by atoms with van der Waals surface area (Å²) in [6, 6.07) is -0.0831. The first-order valence-electron chi connectivity index (χ1n) is 8.16. The molecule has 2 aliphatic rings. The van der Waals surface area contributed by atoms with Crippen LogP contribution in [0.5, 0.6) is 0 Å². The van der Waals surface area contributed by atoms with Crippen molar-refractivity contribution in [3.8, 4) is 0 Å². The number of hydrogen-bond donors (Lipinski definition) is 2. The van der Waals surface area contributed by atoms with E-state index >= 15 is 0 Å². The highest BCUT2D eigenvalue weighted by Gasteiger charge is 2.44. The minimum atomic E-state index is -0.455. The van der Waals surface area contributed by atoms with Gasteiger partial charge in [-0.2, -0.15) is 0 Å². The van der Waals surface area contributed by atoms with E-state index < -0.39 is 5.60 Å². The second-order valence-corrected chi connectivity index (χ2v) is 7.11. The number of carbonyl (C=O) groups excluding carboxylic acids is 1. The van der Waals surface area contributed by atoms with Gasteiger partial charge in [0.05, 0.1) is 11.6 Å². The van der Waals surface area contributed by atoms with Crippen LogP contribution in [0, 0.1) is 11.8 Å². The predicted octanol–water partition coefficient (Wildman–Crippen LogP) is 1.77. The molecule has 0 radical (unpaired) electrons. The molecule has 116 valence electrons. The third-order valence-corrected chi connectivity index (χ3v) is 5.07. The van der Waals surface area contributed by atoms with Crippen LogP contribution in [0.3, 0.4) is 0 Å². The summed E-state index contributed by atoms with van der Waals surface area (Å²) in [6.07, 6.45) is 5.23. The summed E-state index contributed by atoms with van der Waals surface area (Å²) in [7, 11) is 0. The molecule has 4 heteroatoms. The lowest BCUT2D eigenvalue weighted by molar-refractivity contribution is -0.133. The molecule has 1 heterocycles. The van der Waals surface area contributed by atoms with Gasteiger partial charge in [0.2, 0.25) is 5.91 Å². The molecule has 1 aliphatic carbocycles. The van der Waals surface area contributed by atoms with Crippen molar-refractivity contribution in [1.82, 2.24) is 10.2 Å². The highest BCUT2D eigenvalue weighted by Crippen LogP contribution is 2.40. The fraction of sp³-hybridized carbons (Fsp3) is 0.938. The van der Waals surface area contributed by atoms with Crippen molar-refractivity contribution >= 4 is 5.91 Å². The third-order valence-electron chi connectivity index (χ3n) is 5.07. The van der Waals surface area contributed by atoms with E-state index in [-0.39, 0.29) is 11.9 Å². The highest BCUT2D eigenvalue weighted by atomic mass is 16.3. The van der Waals surface area contributed by atoms with Gasteiger partial charge in [0.1, 0.15) is 0 Å². The van der Waals surface area contributed by atoms with Gasteiger partial charge in [0, 0.05) is 25.6 Å². The van der Waals surface area contributed by atoms with Crippen LogP contribution >= 0.6 is 0 Å². The molecule has 1 amide bonds. The van der Waals surface area contributed by atoms with Gasteiger partial charge >= 0.3 is 0 Å². The molecule has 1 aliphatic heterocycles. The Morgan fingerprint density at radius 2 is 2.10 bits per heavy atom. The summed E-state index contributed by atoms with van der Waals surface area (Å²) < 4.78 is 0. The Labute approximate surface area is 122 Å². The minimum Gasteiger partial charge on any atom is -0.390 e. The van der Waals surface area contributed by atoms with E-state index in [0.29, 0.717) is 11.8 Å². The van der Waals surface area contributed by atoms with E-state index in [2.05, 4.69) is 24.1 Å². The molecule has 2 N–H and O–H groups in total. The zero-order valence-electron chi connectivity index (χ0n) is 13.2. The van der Waals surface area contributed by atoms with Gasteiger partial charge in [-0.15, -0.1) is 0 Å². The molecule has 20 heavy (non-hydrogen) atoms. The maximum absolute atomic E-state index is 12.2. The Hall–Kier alpha value is -0.610. The van der Waals surface area contributed by atoms with Crippen LogP contribution < -0.4 is 5.32 Å². The van der Waals surface area contributed by atoms with Gasteiger partial charge in [0.15, 0.2) is 0 Å². The van der Waals surface area contributed by atoms with E-state index in [1.54, 1.807) is 0 Å². The smallest absolute Gasteiger partial charge is 0.237 e. The molecule has 4 nitrogen and oxygen atoms in total. The normalized spacial score (nSPS) is 32.8. The largest absolute Gasteiger partial charge is 0.390 e. The summed E-state index contributed by atoms with van der Waals surface area (Å²) in [4.78, 5) is 14.4. The lowest BCUT2D eigenvalue weighted by atomic mass is 9.71. The van der Waals surface area contributed by atoms with Gasteiger partial charge in [0.25, 0.3) is 0 Å². The standard InChI is InChI=1S/C16H30N2O2/c1-12(2)10-17-15(19)13(3)18-9-8-16(20)7-5-4-6-14(16)11-18/h12-14,20H,4-11H2,1-3H3,(H,17,19). The number of likely N-dealkylation sites (tertiary alicyclic amines) is 1. The van der Waals surface area contributed by atoms with Crippen LogP contribution in [-0.4, -0.2) is 47.2 Å². The molecule has 3 atom stereocenters. The van der Waals surface area contributed by atoms with E-state index in [0.717, 1.165) is 45.3 Å². The topological polar surface area (TPSA) is 52.6 Å². The SMILES string of the molecule is CC(C)CNC(=O)C(C)N1CCC2(O)CCCCC2C1. The molecule has 0 spiro atoms. The van der Waals surface area contributed by atoms with Crippen molar-refractivity contribution in [3.05, 3.63) is 0 Å². The fourth-order valence-electron chi connectivity index (χ4n) is 3.57. The summed E-state index contributed by atoms with van der Waals surface area (Å²) in [5.74, 6) is 0.959. The second-order valence-electron chi connectivity index (χ2n) is 7.11. The molecular weight excluding hydrogens is 252 g/mol. The number of hydrogen-bond acceptors (Lipinski definition) is 3. The van der Waals surface area contributed by atoms with E-state index in [4.69, 9.17) is 0 Å². The summed E-state index contributed by atoms with van der Waals surface area (Å²) in [5.41, 5.74) is -0.455. The minimum absolute atomic E-state index is 0.0831. The van der Waals surface area contributed by atoms with Crippen molar-refractivity contribution < 1.29 is 9.90 Å². The predicted molar refractivity (Wildman–Crippen MR) is 80.4 cm³/mol. The van der Waals surface area contributed by atoms with Gasteiger partial charge in [-0.05, 0) is 32.1 Å². The Morgan fingerprint density at radius 3 is 2.80 bits per heavy atom. The van der Waals surface area contributed by atoms with E-state index in [9.17, 15) is 9.90 Å². The Bertz CT molecular complexity index is 345. The van der Waals surface area contributed by atoms with Crippen molar-refractivity contribution in [2.24, 2.45) is 11.8 Å². The average molecular weight is 282 g/mol. The monoisotopic (exact) mass is 282 g/mol. The lowest BCUT2D eigenvalue weighted by Gasteiger charge is -2.48. The fourth-order valence-corrected chi connectivity index (χ4v) is 3.57. The second kappa shape index (κ2) is 6.44. The first-order chi connectivity index (χ1) is 9.42. The molecule has 0 aromatic carbocycles. The number of amides is 1. The molecule has 0 bridgehead atoms. The molecular formula is C16H30N2O2. The highest BCUT2D eigenvalue weighted by molar-refractivity contribution is 5.81. The summed E-state index contributed by atoms with van der Waals surface area (Å²) >= 11 is 0. The average Bonchev–Trinajstić information content (AvgIpc) is 2.42. The van der Waals surface area contributed by atoms with Crippen LogP contribution in [0.25, 0.3) is 0 Å². The quantitative estimate of drug-likeness (QED) is 0.826. The number of piperidine rings is 1. The molecule has 0 aromatic heterocycles. The van der Waals surface area contributed by atoms with Crippen molar-refractivity contribution in [2.75, 3.05) is 19.6 Å². The Morgan fingerprint density at radius 1 is 1.35 bits per heavy atom. The van der Waals surface area contributed by atoms with Crippen LogP contribution in [-0.2, 0) is 4.79 Å². The first-order valence-corrected chi connectivity index (χ1v) is 8.16. The molecule has 0 aromatic rings. The zero-order valence-corrected chi connectivity index (χ0v) is 13.2. The maximum Gasteiger partial charge on any atom is 0.237 e. The van der Waals surface area contributed by atoms with Crippen LogP contribution in [0.4, 0.5) is 0 Å². The zero-order chi connectivity index (χ0) is 14.8. The summed E-state index contributed by atoms with van der Waals surface area (Å²) in [5, 5.41) is 13.7. The Kier molecular flexibility index (Phi) is 5.08. The van der Waals surface area contributed by atoms with Crippen LogP contribution in [0.15, 0.2) is 0 Å². The van der Waals surface area contributed by atoms with E-state index in [1.165, 1.54) is 6.42 Å². The number of fused-ring (bicyclic) bond motifs is 1. The summed E-state index contributed by atoms with van der Waals surface area (Å²) in [6.45, 7) is 8.64. The molecule has 2 fully saturated rings. The maximum atomic E-state index is 12.2. The van der Waals surface area contributed by atoms with Crippen molar-refractivity contribution in [3.63, 3.8) is 0 Å². The van der Waals surface area contributed by atoms with Crippen molar-refractivity contribution in [2.45, 2.75) is 64.5 Å². The number of nitrogens with zero attached hydrogens (tertiary/aromatic N) is 1. The number of carbonyl (C=O) groups is 1. The number of nitrogens with one attached hydrogen (secondary N) is 1. The molecule has 1 saturated heterocycles. The van der Waals surface area contributed by atoms with Crippen LogP contribution in [0.2, 0.25) is 0 Å². The van der Waals surface area contributed by atoms with Gasteiger partial charge in [-0.1, -0.05) is 26.7 Å². The molecule has 3 unspecified atom stereocenters. The van der Waals surface area contributed by atoms with E-state index in [1.807, 2.05) is 6.92 Å².